The molecule has 0 radical (unpaired) electrons. The van der Waals surface area contributed by atoms with E-state index in [1.807, 2.05) is 11.6 Å². The van der Waals surface area contributed by atoms with Gasteiger partial charge in [0, 0.05) is 7.05 Å². The van der Waals surface area contributed by atoms with Gasteiger partial charge in [0.25, 0.3) is 5.56 Å². The molecule has 3 aromatic rings. The minimum absolute atomic E-state index is 0.397. The second-order valence-corrected chi connectivity index (χ2v) is 3.65. The van der Waals surface area contributed by atoms with Crippen molar-refractivity contribution in [1.29, 1.82) is 0 Å². The summed E-state index contributed by atoms with van der Waals surface area (Å²) >= 11 is 0. The first kappa shape index (κ1) is 8.90. The van der Waals surface area contributed by atoms with Gasteiger partial charge in [0.1, 0.15) is 0 Å². The van der Waals surface area contributed by atoms with Crippen LogP contribution in [-0.4, -0.2) is 19.5 Å². The Bertz CT molecular complexity index is 809. The topological polar surface area (TPSA) is 83.5 Å². The molecule has 2 N–H and O–H groups in total. The fraction of sp³-hybridized carbons (Fsp3) is 0.100. The van der Waals surface area contributed by atoms with Crippen molar-refractivity contribution in [1.82, 2.24) is 19.5 Å². The monoisotopic (exact) mass is 216 g/mol. The van der Waals surface area contributed by atoms with Crippen LogP contribution < -0.4 is 11.2 Å². The molecule has 0 aliphatic heterocycles. The molecule has 80 valence electrons. The average Bonchev–Trinajstić information content (AvgIpc) is 2.58. The third kappa shape index (κ3) is 1.10. The summed E-state index contributed by atoms with van der Waals surface area (Å²) in [5.41, 5.74) is 1.22. The molecule has 0 amide bonds. The maximum Gasteiger partial charge on any atom is 0.326 e. The van der Waals surface area contributed by atoms with Crippen LogP contribution in [0.25, 0.3) is 21.9 Å². The SMILES string of the molecule is Cn1cnc2cc3c(=O)[nH]c(=O)[nH]c3cc21. The first-order valence-electron chi connectivity index (χ1n) is 4.72. The average molecular weight is 216 g/mol. The third-order valence-corrected chi connectivity index (χ3v) is 2.58. The molecular formula is C10H8N4O2. The zero-order chi connectivity index (χ0) is 11.3. The zero-order valence-corrected chi connectivity index (χ0v) is 8.44. The third-order valence-electron chi connectivity index (χ3n) is 2.58. The fourth-order valence-corrected chi connectivity index (χ4v) is 1.79. The lowest BCUT2D eigenvalue weighted by Gasteiger charge is -1.98. The molecule has 3 rings (SSSR count). The summed E-state index contributed by atoms with van der Waals surface area (Å²) < 4.78 is 1.83. The molecule has 6 nitrogen and oxygen atoms in total. The summed E-state index contributed by atoms with van der Waals surface area (Å²) in [5.74, 6) is 0. The van der Waals surface area contributed by atoms with Gasteiger partial charge in [-0.15, -0.1) is 0 Å². The van der Waals surface area contributed by atoms with Crippen molar-refractivity contribution in [2.45, 2.75) is 0 Å². The van der Waals surface area contributed by atoms with Crippen LogP contribution in [0.2, 0.25) is 0 Å². The number of rotatable bonds is 0. The highest BCUT2D eigenvalue weighted by molar-refractivity contribution is 5.92. The number of nitrogens with zero attached hydrogens (tertiary/aromatic N) is 2. The van der Waals surface area contributed by atoms with Crippen molar-refractivity contribution in [2.75, 3.05) is 0 Å². The van der Waals surface area contributed by atoms with Crippen LogP contribution >= 0.6 is 0 Å². The molecule has 0 spiro atoms. The minimum atomic E-state index is -0.501. The predicted octanol–water partition coefficient (Wildman–Crippen LogP) is 0.103. The number of aryl methyl sites for hydroxylation is 1. The Kier molecular flexibility index (Phi) is 1.57. The number of H-pyrrole nitrogens is 2. The Morgan fingerprint density at radius 1 is 1.25 bits per heavy atom. The second kappa shape index (κ2) is 2.82. The fourth-order valence-electron chi connectivity index (χ4n) is 1.79. The summed E-state index contributed by atoms with van der Waals surface area (Å²) in [6, 6.07) is 3.41. The number of hydrogen-bond donors (Lipinski definition) is 2. The highest BCUT2D eigenvalue weighted by Gasteiger charge is 2.05. The van der Waals surface area contributed by atoms with E-state index in [-0.39, 0.29) is 0 Å². The van der Waals surface area contributed by atoms with Gasteiger partial charge in [-0.1, -0.05) is 0 Å². The maximum absolute atomic E-state index is 11.5. The first-order chi connectivity index (χ1) is 7.65. The normalized spacial score (nSPS) is 11.3. The Hall–Kier alpha value is -2.37. The highest BCUT2D eigenvalue weighted by Crippen LogP contribution is 2.16. The Labute approximate surface area is 88.6 Å². The molecule has 16 heavy (non-hydrogen) atoms. The number of fused-ring (bicyclic) bond motifs is 2. The smallest absolute Gasteiger partial charge is 0.326 e. The van der Waals surface area contributed by atoms with Gasteiger partial charge in [0.2, 0.25) is 0 Å². The molecule has 2 aromatic heterocycles. The lowest BCUT2D eigenvalue weighted by atomic mass is 10.2. The molecular weight excluding hydrogens is 208 g/mol. The predicted molar refractivity (Wildman–Crippen MR) is 59.5 cm³/mol. The standard InChI is InChI=1S/C10H8N4O2/c1-14-4-11-7-2-5-6(3-8(7)14)12-10(16)13-9(5)15/h2-4H,1H3,(H2,12,13,15,16). The largest absolute Gasteiger partial charge is 0.334 e. The molecule has 1 aromatic carbocycles. The van der Waals surface area contributed by atoms with Crippen molar-refractivity contribution < 1.29 is 0 Å². The van der Waals surface area contributed by atoms with Crippen LogP contribution in [-0.2, 0) is 7.05 Å². The van der Waals surface area contributed by atoms with Crippen molar-refractivity contribution in [3.8, 4) is 0 Å². The van der Waals surface area contributed by atoms with Crippen LogP contribution in [0.4, 0.5) is 0 Å². The van der Waals surface area contributed by atoms with Gasteiger partial charge in [-0.25, -0.2) is 9.78 Å². The van der Waals surface area contributed by atoms with Crippen molar-refractivity contribution in [2.24, 2.45) is 7.05 Å². The van der Waals surface area contributed by atoms with E-state index >= 15 is 0 Å². The van der Waals surface area contributed by atoms with Crippen molar-refractivity contribution >= 4 is 21.9 Å². The Morgan fingerprint density at radius 3 is 2.88 bits per heavy atom. The molecule has 6 heteroatoms. The summed E-state index contributed by atoms with van der Waals surface area (Å²) in [6.07, 6.45) is 1.66. The number of aromatic nitrogens is 4. The number of benzene rings is 1. The molecule has 0 aliphatic rings. The second-order valence-electron chi connectivity index (χ2n) is 3.65. The van der Waals surface area contributed by atoms with Crippen LogP contribution in [0.15, 0.2) is 28.0 Å². The number of imidazole rings is 1. The summed E-state index contributed by atoms with van der Waals surface area (Å²) in [6.45, 7) is 0. The van der Waals surface area contributed by atoms with Crippen LogP contribution in [0.5, 0.6) is 0 Å². The molecule has 0 saturated heterocycles. The van der Waals surface area contributed by atoms with E-state index in [1.54, 1.807) is 18.5 Å². The molecule has 2 heterocycles. The minimum Gasteiger partial charge on any atom is -0.334 e. The maximum atomic E-state index is 11.5. The van der Waals surface area contributed by atoms with Crippen molar-refractivity contribution in [3.63, 3.8) is 0 Å². The Morgan fingerprint density at radius 2 is 2.06 bits per heavy atom. The summed E-state index contributed by atoms with van der Waals surface area (Å²) in [4.78, 5) is 31.6. The molecule has 0 bridgehead atoms. The van der Waals surface area contributed by atoms with Crippen LogP contribution in [0, 0.1) is 0 Å². The van der Waals surface area contributed by atoms with E-state index < -0.39 is 11.2 Å². The number of nitrogens with one attached hydrogen (secondary N) is 2. The lowest BCUT2D eigenvalue weighted by molar-refractivity contribution is 0.947. The molecule has 0 aliphatic carbocycles. The van der Waals surface area contributed by atoms with Gasteiger partial charge >= 0.3 is 5.69 Å². The van der Waals surface area contributed by atoms with Gasteiger partial charge in [-0.2, -0.15) is 0 Å². The lowest BCUT2D eigenvalue weighted by Crippen LogP contribution is -2.21. The molecule has 0 atom stereocenters. The summed E-state index contributed by atoms with van der Waals surface area (Å²) in [7, 11) is 1.85. The van der Waals surface area contributed by atoms with Gasteiger partial charge in [-0.05, 0) is 12.1 Å². The number of hydrogen-bond acceptors (Lipinski definition) is 3. The van der Waals surface area contributed by atoms with E-state index in [0.29, 0.717) is 10.9 Å². The molecule has 0 saturated carbocycles. The Balaban J connectivity index is 2.63. The highest BCUT2D eigenvalue weighted by atomic mass is 16.2. The first-order valence-corrected chi connectivity index (χ1v) is 4.72. The zero-order valence-electron chi connectivity index (χ0n) is 8.44. The van der Waals surface area contributed by atoms with Crippen LogP contribution in [0.1, 0.15) is 0 Å². The molecule has 0 fully saturated rings. The van der Waals surface area contributed by atoms with E-state index in [0.717, 1.165) is 11.0 Å². The quantitative estimate of drug-likeness (QED) is 0.559. The van der Waals surface area contributed by atoms with E-state index in [1.165, 1.54) is 0 Å². The summed E-state index contributed by atoms with van der Waals surface area (Å²) in [5, 5.41) is 0.436. The van der Waals surface area contributed by atoms with E-state index in [4.69, 9.17) is 0 Å². The van der Waals surface area contributed by atoms with Gasteiger partial charge in [0.05, 0.1) is 28.3 Å². The van der Waals surface area contributed by atoms with Gasteiger partial charge < -0.3 is 9.55 Å². The molecule has 0 unspecified atom stereocenters. The van der Waals surface area contributed by atoms with Crippen molar-refractivity contribution in [3.05, 3.63) is 39.3 Å². The van der Waals surface area contributed by atoms with E-state index in [9.17, 15) is 9.59 Å². The number of aromatic amines is 2. The van der Waals surface area contributed by atoms with Gasteiger partial charge in [0.15, 0.2) is 0 Å². The van der Waals surface area contributed by atoms with Crippen LogP contribution in [0.3, 0.4) is 0 Å². The van der Waals surface area contributed by atoms with Gasteiger partial charge in [-0.3, -0.25) is 9.78 Å². The van der Waals surface area contributed by atoms with E-state index in [2.05, 4.69) is 15.0 Å².